The third-order valence-corrected chi connectivity index (χ3v) is 3.33. The lowest BCUT2D eigenvalue weighted by Crippen LogP contribution is -2.21. The van der Waals surface area contributed by atoms with Crippen LogP contribution in [0.15, 0.2) is 35.4 Å². The van der Waals surface area contributed by atoms with E-state index in [9.17, 15) is 9.59 Å². The molecule has 0 heterocycles. The molecule has 5 heteroatoms. The van der Waals surface area contributed by atoms with E-state index in [4.69, 9.17) is 9.84 Å². The predicted octanol–water partition coefficient (Wildman–Crippen LogP) is 2.59. The van der Waals surface area contributed by atoms with Crippen LogP contribution in [0.2, 0.25) is 0 Å². The number of hydrogen-bond donors (Lipinski definition) is 2. The number of nitrogens with one attached hydrogen (secondary N) is 1. The molecule has 0 radical (unpaired) electrons. The second-order valence-corrected chi connectivity index (χ2v) is 4.66. The monoisotopic (exact) mass is 275 g/mol. The van der Waals surface area contributed by atoms with Crippen LogP contribution in [0.4, 0.5) is 5.69 Å². The first-order chi connectivity index (χ1) is 9.61. The molecule has 0 spiro atoms. The van der Waals surface area contributed by atoms with Crippen molar-refractivity contribution in [1.29, 1.82) is 0 Å². The third kappa shape index (κ3) is 3.17. The van der Waals surface area contributed by atoms with Crippen molar-refractivity contribution in [2.45, 2.75) is 25.7 Å². The highest BCUT2D eigenvalue weighted by Gasteiger charge is 2.23. The number of hydrogen-bond acceptors (Lipinski definition) is 3. The number of aliphatic carboxylic acids is 1. The van der Waals surface area contributed by atoms with Gasteiger partial charge in [-0.3, -0.25) is 4.79 Å². The minimum atomic E-state index is -1.000. The molecule has 0 saturated heterocycles. The van der Waals surface area contributed by atoms with Crippen LogP contribution in [-0.4, -0.2) is 24.1 Å². The first kappa shape index (κ1) is 14.1. The fraction of sp³-hybridized carbons (Fsp3) is 0.333. The van der Waals surface area contributed by atoms with Gasteiger partial charge < -0.3 is 15.2 Å². The first-order valence-corrected chi connectivity index (χ1v) is 6.52. The zero-order valence-corrected chi connectivity index (χ0v) is 11.3. The van der Waals surface area contributed by atoms with Gasteiger partial charge in [-0.25, -0.2) is 4.79 Å². The van der Waals surface area contributed by atoms with Crippen LogP contribution in [0, 0.1) is 0 Å². The SMILES string of the molecule is COc1cccc(NC(=O)C2=C(C(=O)O)CCCC2)c1. The number of amides is 1. The van der Waals surface area contributed by atoms with Gasteiger partial charge in [0.05, 0.1) is 7.11 Å². The molecule has 1 aliphatic rings. The summed E-state index contributed by atoms with van der Waals surface area (Å²) in [6.07, 6.45) is 2.63. The van der Waals surface area contributed by atoms with Crippen molar-refractivity contribution in [3.63, 3.8) is 0 Å². The normalized spacial score (nSPS) is 14.8. The van der Waals surface area contributed by atoms with Gasteiger partial charge in [0.2, 0.25) is 0 Å². The number of ether oxygens (including phenoxy) is 1. The van der Waals surface area contributed by atoms with Crippen LogP contribution in [0.3, 0.4) is 0 Å². The van der Waals surface area contributed by atoms with E-state index in [-0.39, 0.29) is 11.5 Å². The largest absolute Gasteiger partial charge is 0.497 e. The van der Waals surface area contributed by atoms with E-state index in [0.29, 0.717) is 29.9 Å². The molecule has 5 nitrogen and oxygen atoms in total. The van der Waals surface area contributed by atoms with E-state index >= 15 is 0 Å². The van der Waals surface area contributed by atoms with Crippen LogP contribution in [0.1, 0.15) is 25.7 Å². The molecule has 1 aliphatic carbocycles. The molecule has 0 atom stereocenters. The molecule has 2 rings (SSSR count). The van der Waals surface area contributed by atoms with Gasteiger partial charge in [0.15, 0.2) is 0 Å². The summed E-state index contributed by atoms with van der Waals surface area (Å²) in [6.45, 7) is 0. The van der Waals surface area contributed by atoms with E-state index in [0.717, 1.165) is 12.8 Å². The Labute approximate surface area is 117 Å². The minimum Gasteiger partial charge on any atom is -0.497 e. The van der Waals surface area contributed by atoms with E-state index in [1.807, 2.05) is 0 Å². The number of benzene rings is 1. The fourth-order valence-electron chi connectivity index (χ4n) is 2.30. The Morgan fingerprint density at radius 2 is 1.90 bits per heavy atom. The number of carboxylic acid groups (broad SMARTS) is 1. The van der Waals surface area contributed by atoms with Crippen molar-refractivity contribution in [1.82, 2.24) is 0 Å². The molecule has 20 heavy (non-hydrogen) atoms. The predicted molar refractivity (Wildman–Crippen MR) is 74.8 cm³/mol. The Hall–Kier alpha value is -2.30. The van der Waals surface area contributed by atoms with E-state index < -0.39 is 5.97 Å². The van der Waals surface area contributed by atoms with Crippen LogP contribution in [0.25, 0.3) is 0 Å². The summed E-state index contributed by atoms with van der Waals surface area (Å²) in [7, 11) is 1.55. The maximum atomic E-state index is 12.2. The number of carbonyl (C=O) groups excluding carboxylic acids is 1. The smallest absolute Gasteiger partial charge is 0.332 e. The van der Waals surface area contributed by atoms with Crippen LogP contribution >= 0.6 is 0 Å². The third-order valence-electron chi connectivity index (χ3n) is 3.33. The highest BCUT2D eigenvalue weighted by Crippen LogP contribution is 2.26. The maximum absolute atomic E-state index is 12.2. The van der Waals surface area contributed by atoms with Crippen molar-refractivity contribution in [3.05, 3.63) is 35.4 Å². The molecular formula is C15H17NO4. The molecule has 1 aromatic carbocycles. The Balaban J connectivity index is 2.20. The van der Waals surface area contributed by atoms with Gasteiger partial charge >= 0.3 is 5.97 Å². The van der Waals surface area contributed by atoms with Gasteiger partial charge in [0.25, 0.3) is 5.91 Å². The molecule has 0 saturated carbocycles. The molecule has 0 aromatic heterocycles. The summed E-state index contributed by atoms with van der Waals surface area (Å²) < 4.78 is 5.08. The zero-order chi connectivity index (χ0) is 14.5. The van der Waals surface area contributed by atoms with Gasteiger partial charge in [0, 0.05) is 22.9 Å². The average molecular weight is 275 g/mol. The van der Waals surface area contributed by atoms with Crippen LogP contribution in [-0.2, 0) is 9.59 Å². The van der Waals surface area contributed by atoms with Crippen molar-refractivity contribution < 1.29 is 19.4 Å². The first-order valence-electron chi connectivity index (χ1n) is 6.52. The Kier molecular flexibility index (Phi) is 4.40. The number of carboxylic acids is 1. The van der Waals surface area contributed by atoms with Gasteiger partial charge in [-0.15, -0.1) is 0 Å². The van der Waals surface area contributed by atoms with Crippen molar-refractivity contribution in [3.8, 4) is 5.75 Å². The summed E-state index contributed by atoms with van der Waals surface area (Å²) in [6, 6.07) is 6.98. The quantitative estimate of drug-likeness (QED) is 0.885. The van der Waals surface area contributed by atoms with Gasteiger partial charge in [-0.05, 0) is 37.8 Å². The lowest BCUT2D eigenvalue weighted by molar-refractivity contribution is -0.133. The van der Waals surface area contributed by atoms with Gasteiger partial charge in [-0.1, -0.05) is 6.07 Å². The molecule has 0 bridgehead atoms. The summed E-state index contributed by atoms with van der Waals surface area (Å²) in [5, 5.41) is 11.9. The highest BCUT2D eigenvalue weighted by atomic mass is 16.5. The standard InChI is InChI=1S/C15H17NO4/c1-20-11-6-4-5-10(9-11)16-14(17)12-7-2-3-8-13(12)15(18)19/h4-6,9H,2-3,7-8H2,1H3,(H,16,17)(H,18,19). The fourth-order valence-corrected chi connectivity index (χ4v) is 2.30. The molecule has 1 aromatic rings. The minimum absolute atomic E-state index is 0.233. The molecule has 0 aliphatic heterocycles. The van der Waals surface area contributed by atoms with Crippen LogP contribution in [0.5, 0.6) is 5.75 Å². The highest BCUT2D eigenvalue weighted by molar-refractivity contribution is 6.08. The lowest BCUT2D eigenvalue weighted by Gasteiger charge is -2.17. The second-order valence-electron chi connectivity index (χ2n) is 4.66. The van der Waals surface area contributed by atoms with Crippen molar-refractivity contribution >= 4 is 17.6 Å². The molecule has 0 fully saturated rings. The molecule has 2 N–H and O–H groups in total. The molecule has 106 valence electrons. The summed E-state index contributed by atoms with van der Waals surface area (Å²) in [5.41, 5.74) is 1.21. The lowest BCUT2D eigenvalue weighted by atomic mass is 9.91. The number of carbonyl (C=O) groups is 2. The van der Waals surface area contributed by atoms with E-state index in [1.54, 1.807) is 31.4 Å². The Morgan fingerprint density at radius 3 is 2.55 bits per heavy atom. The number of methoxy groups -OCH3 is 1. The Bertz CT molecular complexity index is 563. The second kappa shape index (κ2) is 6.23. The van der Waals surface area contributed by atoms with Crippen molar-refractivity contribution in [2.75, 3.05) is 12.4 Å². The summed E-state index contributed by atoms with van der Waals surface area (Å²) in [4.78, 5) is 23.4. The van der Waals surface area contributed by atoms with Crippen molar-refractivity contribution in [2.24, 2.45) is 0 Å². The number of rotatable bonds is 4. The maximum Gasteiger partial charge on any atom is 0.332 e. The summed E-state index contributed by atoms with van der Waals surface area (Å²) in [5.74, 6) is -0.699. The van der Waals surface area contributed by atoms with Crippen LogP contribution < -0.4 is 10.1 Å². The van der Waals surface area contributed by atoms with E-state index in [1.165, 1.54) is 0 Å². The number of anilines is 1. The molecule has 1 amide bonds. The zero-order valence-electron chi connectivity index (χ0n) is 11.3. The topological polar surface area (TPSA) is 75.6 Å². The van der Waals surface area contributed by atoms with Gasteiger partial charge in [0.1, 0.15) is 5.75 Å². The van der Waals surface area contributed by atoms with E-state index in [2.05, 4.69) is 5.32 Å². The molecular weight excluding hydrogens is 258 g/mol. The Morgan fingerprint density at radius 1 is 1.20 bits per heavy atom. The summed E-state index contributed by atoms with van der Waals surface area (Å²) >= 11 is 0. The molecule has 0 unspecified atom stereocenters. The average Bonchev–Trinajstić information content (AvgIpc) is 2.47. The van der Waals surface area contributed by atoms with Gasteiger partial charge in [-0.2, -0.15) is 0 Å².